The van der Waals surface area contributed by atoms with E-state index in [0.717, 1.165) is 25.1 Å². The Bertz CT molecular complexity index is 370. The molecule has 0 saturated carbocycles. The molecule has 2 rings (SSSR count). The fourth-order valence-electron chi connectivity index (χ4n) is 2.51. The Balaban J connectivity index is 2.40. The van der Waals surface area contributed by atoms with Crippen molar-refractivity contribution in [2.45, 2.75) is 25.7 Å². The van der Waals surface area contributed by atoms with Crippen molar-refractivity contribution in [3.05, 3.63) is 23.3 Å². The Morgan fingerprint density at radius 2 is 2.25 bits per heavy atom. The van der Waals surface area contributed by atoms with E-state index in [2.05, 4.69) is 12.2 Å². The molecule has 1 aromatic rings. The van der Waals surface area contributed by atoms with Crippen LogP contribution in [-0.2, 0) is 0 Å². The standard InChI is InChI=1S/C13H19NO2/c1-9-5-6-11(15)13(16-2)12(9)10-4-3-7-14-8-10/h5-6,10,14-15H,3-4,7-8H2,1-2H3. The van der Waals surface area contributed by atoms with Crippen LogP contribution in [0.1, 0.15) is 29.9 Å². The van der Waals surface area contributed by atoms with Crippen molar-refractivity contribution in [1.29, 1.82) is 0 Å². The first-order valence-electron chi connectivity index (χ1n) is 5.81. The first-order valence-corrected chi connectivity index (χ1v) is 5.81. The lowest BCUT2D eigenvalue weighted by Crippen LogP contribution is -2.29. The van der Waals surface area contributed by atoms with Crippen LogP contribution in [0.25, 0.3) is 0 Å². The lowest BCUT2D eigenvalue weighted by Gasteiger charge is -2.26. The predicted molar refractivity (Wildman–Crippen MR) is 64.2 cm³/mol. The third kappa shape index (κ3) is 2.00. The number of piperidine rings is 1. The van der Waals surface area contributed by atoms with E-state index < -0.39 is 0 Å². The molecule has 88 valence electrons. The molecule has 1 atom stereocenters. The molecule has 1 fully saturated rings. The summed E-state index contributed by atoms with van der Waals surface area (Å²) in [4.78, 5) is 0. The summed E-state index contributed by atoms with van der Waals surface area (Å²) in [6.45, 7) is 4.14. The molecule has 0 bridgehead atoms. The summed E-state index contributed by atoms with van der Waals surface area (Å²) in [5.74, 6) is 1.35. The van der Waals surface area contributed by atoms with Gasteiger partial charge in [-0.1, -0.05) is 6.07 Å². The van der Waals surface area contributed by atoms with Gasteiger partial charge < -0.3 is 15.2 Å². The molecule has 0 amide bonds. The van der Waals surface area contributed by atoms with E-state index in [1.54, 1.807) is 13.2 Å². The second-order valence-corrected chi connectivity index (χ2v) is 4.39. The minimum absolute atomic E-state index is 0.244. The molecule has 1 aromatic carbocycles. The molecule has 0 radical (unpaired) electrons. The monoisotopic (exact) mass is 221 g/mol. The van der Waals surface area contributed by atoms with Crippen LogP contribution in [0, 0.1) is 6.92 Å². The maximum absolute atomic E-state index is 9.80. The normalized spacial score (nSPS) is 20.8. The van der Waals surface area contributed by atoms with E-state index in [-0.39, 0.29) is 5.75 Å². The van der Waals surface area contributed by atoms with Crippen LogP contribution in [0.15, 0.2) is 12.1 Å². The number of hydrogen-bond donors (Lipinski definition) is 2. The molecular weight excluding hydrogens is 202 g/mol. The first kappa shape index (κ1) is 11.3. The van der Waals surface area contributed by atoms with Crippen LogP contribution in [0.4, 0.5) is 0 Å². The van der Waals surface area contributed by atoms with Crippen LogP contribution in [-0.4, -0.2) is 25.3 Å². The summed E-state index contributed by atoms with van der Waals surface area (Å²) >= 11 is 0. The third-order valence-electron chi connectivity index (χ3n) is 3.30. The second-order valence-electron chi connectivity index (χ2n) is 4.39. The number of aromatic hydroxyl groups is 1. The molecule has 1 unspecified atom stereocenters. The number of benzene rings is 1. The van der Waals surface area contributed by atoms with Gasteiger partial charge in [0.1, 0.15) is 0 Å². The lowest BCUT2D eigenvalue weighted by molar-refractivity contribution is 0.358. The summed E-state index contributed by atoms with van der Waals surface area (Å²) in [5.41, 5.74) is 2.36. The SMILES string of the molecule is COc1c(O)ccc(C)c1C1CCCNC1. The molecule has 1 aliphatic heterocycles. The summed E-state index contributed by atoms with van der Waals surface area (Å²) in [6.07, 6.45) is 2.34. The molecule has 1 saturated heterocycles. The molecule has 0 aromatic heterocycles. The Kier molecular flexibility index (Phi) is 3.34. The number of methoxy groups -OCH3 is 1. The maximum atomic E-state index is 9.80. The van der Waals surface area contributed by atoms with Gasteiger partial charge in [0.2, 0.25) is 0 Å². The van der Waals surface area contributed by atoms with Crippen LogP contribution in [0.2, 0.25) is 0 Å². The average molecular weight is 221 g/mol. The fraction of sp³-hybridized carbons (Fsp3) is 0.538. The van der Waals surface area contributed by atoms with Gasteiger partial charge in [-0.05, 0) is 37.9 Å². The Morgan fingerprint density at radius 1 is 1.44 bits per heavy atom. The zero-order valence-corrected chi connectivity index (χ0v) is 9.92. The van der Waals surface area contributed by atoms with Gasteiger partial charge in [0.15, 0.2) is 11.5 Å². The average Bonchev–Trinajstić information content (AvgIpc) is 2.33. The van der Waals surface area contributed by atoms with Gasteiger partial charge in [0.05, 0.1) is 7.11 Å². The van der Waals surface area contributed by atoms with Gasteiger partial charge in [-0.25, -0.2) is 0 Å². The van der Waals surface area contributed by atoms with Gasteiger partial charge in [-0.15, -0.1) is 0 Å². The number of rotatable bonds is 2. The molecule has 3 heteroatoms. The number of phenolic OH excluding ortho intramolecular Hbond substituents is 1. The summed E-state index contributed by atoms with van der Waals surface area (Å²) in [5, 5.41) is 13.2. The van der Waals surface area contributed by atoms with Crippen molar-refractivity contribution >= 4 is 0 Å². The summed E-state index contributed by atoms with van der Waals surface area (Å²) in [7, 11) is 1.62. The Labute approximate surface area is 96.4 Å². The minimum atomic E-state index is 0.244. The van der Waals surface area contributed by atoms with E-state index >= 15 is 0 Å². The molecule has 0 aliphatic carbocycles. The van der Waals surface area contributed by atoms with E-state index in [1.807, 2.05) is 6.07 Å². The van der Waals surface area contributed by atoms with E-state index in [1.165, 1.54) is 12.0 Å². The Hall–Kier alpha value is -1.22. The zero-order chi connectivity index (χ0) is 11.5. The van der Waals surface area contributed by atoms with Crippen molar-refractivity contribution in [3.8, 4) is 11.5 Å². The van der Waals surface area contributed by atoms with Crippen molar-refractivity contribution in [2.24, 2.45) is 0 Å². The number of phenols is 1. The fourth-order valence-corrected chi connectivity index (χ4v) is 2.51. The highest BCUT2D eigenvalue weighted by Gasteiger charge is 2.22. The summed E-state index contributed by atoms with van der Waals surface area (Å²) < 4.78 is 5.33. The van der Waals surface area contributed by atoms with E-state index in [0.29, 0.717) is 11.7 Å². The molecule has 2 N–H and O–H groups in total. The van der Waals surface area contributed by atoms with Gasteiger partial charge in [0, 0.05) is 18.0 Å². The zero-order valence-electron chi connectivity index (χ0n) is 9.92. The molecular formula is C13H19NO2. The van der Waals surface area contributed by atoms with Crippen LogP contribution in [0.3, 0.4) is 0 Å². The largest absolute Gasteiger partial charge is 0.504 e. The summed E-state index contributed by atoms with van der Waals surface area (Å²) in [6, 6.07) is 3.66. The predicted octanol–water partition coefficient (Wildman–Crippen LogP) is 2.18. The van der Waals surface area contributed by atoms with E-state index in [9.17, 15) is 5.11 Å². The van der Waals surface area contributed by atoms with Gasteiger partial charge in [-0.3, -0.25) is 0 Å². The number of hydrogen-bond acceptors (Lipinski definition) is 3. The quantitative estimate of drug-likeness (QED) is 0.804. The van der Waals surface area contributed by atoms with Crippen LogP contribution < -0.4 is 10.1 Å². The van der Waals surface area contributed by atoms with Gasteiger partial charge in [0.25, 0.3) is 0 Å². The highest BCUT2D eigenvalue weighted by molar-refractivity contribution is 5.51. The second kappa shape index (κ2) is 4.74. The van der Waals surface area contributed by atoms with Crippen molar-refractivity contribution in [1.82, 2.24) is 5.32 Å². The van der Waals surface area contributed by atoms with Crippen molar-refractivity contribution in [3.63, 3.8) is 0 Å². The number of ether oxygens (including phenoxy) is 1. The maximum Gasteiger partial charge on any atom is 0.164 e. The van der Waals surface area contributed by atoms with Crippen LogP contribution >= 0.6 is 0 Å². The smallest absolute Gasteiger partial charge is 0.164 e. The number of nitrogens with one attached hydrogen (secondary N) is 1. The molecule has 0 spiro atoms. The highest BCUT2D eigenvalue weighted by Crippen LogP contribution is 2.39. The third-order valence-corrected chi connectivity index (χ3v) is 3.30. The topological polar surface area (TPSA) is 41.5 Å². The van der Waals surface area contributed by atoms with Crippen LogP contribution in [0.5, 0.6) is 11.5 Å². The van der Waals surface area contributed by atoms with Crippen molar-refractivity contribution in [2.75, 3.05) is 20.2 Å². The molecule has 16 heavy (non-hydrogen) atoms. The molecule has 3 nitrogen and oxygen atoms in total. The van der Waals surface area contributed by atoms with Gasteiger partial charge in [-0.2, -0.15) is 0 Å². The minimum Gasteiger partial charge on any atom is -0.504 e. The molecule has 1 aliphatic rings. The Morgan fingerprint density at radius 3 is 2.88 bits per heavy atom. The lowest BCUT2D eigenvalue weighted by atomic mass is 9.88. The first-order chi connectivity index (χ1) is 7.74. The molecule has 1 heterocycles. The van der Waals surface area contributed by atoms with Gasteiger partial charge >= 0.3 is 0 Å². The number of aryl methyl sites for hydroxylation is 1. The highest BCUT2D eigenvalue weighted by atomic mass is 16.5. The van der Waals surface area contributed by atoms with E-state index in [4.69, 9.17) is 4.74 Å². The van der Waals surface area contributed by atoms with Crippen molar-refractivity contribution < 1.29 is 9.84 Å².